The molecule has 0 radical (unpaired) electrons. The molecular formula is C43H63F3N8O4S. The smallest absolute Gasteiger partial charge is 0.333 e. The monoisotopic (exact) mass is 844 g/mol. The lowest BCUT2D eigenvalue weighted by atomic mass is 9.90. The fraction of sp³-hybridized carbons (Fsp3) is 0.581. The summed E-state index contributed by atoms with van der Waals surface area (Å²) in [6.07, 6.45) is 6.79. The van der Waals surface area contributed by atoms with Gasteiger partial charge in [-0.3, -0.25) is 23.7 Å². The number of nitrogens with zero attached hydrogens (tertiary/aromatic N) is 7. The Balaban J connectivity index is 0.00000123. The van der Waals surface area contributed by atoms with E-state index in [4.69, 9.17) is 0 Å². The summed E-state index contributed by atoms with van der Waals surface area (Å²) in [5, 5.41) is 8.89. The van der Waals surface area contributed by atoms with Crippen LogP contribution in [0.2, 0.25) is 0 Å². The molecular weight excluding hydrogens is 782 g/mol. The standard InChI is InChI=1S/C37H46F3N7O4S.C3H9N.C3H8/c1-5-17-44(4)32(14-18-48)43-45(23-25-8-6-7-9-31(25)37(3,39)40)24(2)34(49)42-27-10-12-28(13-11-27)47-35(50)30-21-26(38)22-41-33(30)46(36(47)51)29-15-19-52-20-16-29;1-4(2)3;1-3-2/h6-9,18,21-22,27-29H,2,5,10-17,19-20,23H2,1,3-4H3,(H,42,49);1-3H3;3H2,1-2H3/b43-32+;;. The first-order chi connectivity index (χ1) is 28.0. The van der Waals surface area contributed by atoms with Gasteiger partial charge in [0, 0.05) is 44.2 Å². The molecule has 59 heavy (non-hydrogen) atoms. The third-order valence-corrected chi connectivity index (χ3v) is 10.8. The zero-order chi connectivity index (χ0) is 43.9. The summed E-state index contributed by atoms with van der Waals surface area (Å²) in [5.74, 6) is -2.31. The quantitative estimate of drug-likeness (QED) is 0.0620. The molecule has 3 heterocycles. The molecule has 326 valence electrons. The van der Waals surface area contributed by atoms with Gasteiger partial charge in [-0.1, -0.05) is 58.0 Å². The average molecular weight is 845 g/mol. The number of carbonyl (C=O) groups excluding carboxylic acids is 2. The van der Waals surface area contributed by atoms with Crippen LogP contribution in [0.4, 0.5) is 13.2 Å². The molecule has 0 spiro atoms. The maximum Gasteiger partial charge on any atom is 0.333 e. The van der Waals surface area contributed by atoms with Gasteiger partial charge >= 0.3 is 5.69 Å². The van der Waals surface area contributed by atoms with Gasteiger partial charge in [0.15, 0.2) is 0 Å². The number of nitrogens with one attached hydrogen (secondary N) is 1. The lowest BCUT2D eigenvalue weighted by molar-refractivity contribution is -0.120. The van der Waals surface area contributed by atoms with E-state index in [1.807, 2.05) is 33.0 Å². The number of amides is 1. The van der Waals surface area contributed by atoms with Crippen molar-refractivity contribution in [3.05, 3.63) is 86.6 Å². The van der Waals surface area contributed by atoms with E-state index in [2.05, 4.69) is 35.8 Å². The Morgan fingerprint density at radius 3 is 2.19 bits per heavy atom. The lowest BCUT2D eigenvalue weighted by Crippen LogP contribution is -2.47. The average Bonchev–Trinajstić information content (AvgIpc) is 3.18. The van der Waals surface area contributed by atoms with Gasteiger partial charge < -0.3 is 19.9 Å². The number of hydrazone groups is 1. The van der Waals surface area contributed by atoms with Crippen LogP contribution in [0.1, 0.15) is 109 Å². The highest BCUT2D eigenvalue weighted by Gasteiger charge is 2.32. The fourth-order valence-electron chi connectivity index (χ4n) is 7.05. The first-order valence-electron chi connectivity index (χ1n) is 20.4. The molecule has 1 saturated carbocycles. The number of thioether (sulfide) groups is 1. The number of alkyl halides is 2. The maximum absolute atomic E-state index is 14.6. The molecule has 2 fully saturated rings. The molecule has 1 aliphatic heterocycles. The molecule has 16 heteroatoms. The molecule has 2 aliphatic rings. The lowest BCUT2D eigenvalue weighted by Gasteiger charge is -2.32. The fourth-order valence-corrected chi connectivity index (χ4v) is 8.14. The Hall–Kier alpha value is -4.44. The summed E-state index contributed by atoms with van der Waals surface area (Å²) in [6, 6.07) is 6.17. The van der Waals surface area contributed by atoms with Crippen molar-refractivity contribution in [3.8, 4) is 0 Å². The van der Waals surface area contributed by atoms with Crippen molar-refractivity contribution in [1.82, 2.24) is 34.2 Å². The Bertz CT molecular complexity index is 2000. The van der Waals surface area contributed by atoms with Gasteiger partial charge in [-0.15, -0.1) is 0 Å². The van der Waals surface area contributed by atoms with E-state index in [9.17, 15) is 32.3 Å². The van der Waals surface area contributed by atoms with Gasteiger partial charge in [0.05, 0.1) is 24.5 Å². The molecule has 1 saturated heterocycles. The first kappa shape index (κ1) is 48.9. The van der Waals surface area contributed by atoms with Gasteiger partial charge in [-0.2, -0.15) is 16.9 Å². The van der Waals surface area contributed by atoms with Gasteiger partial charge in [-0.05, 0) is 89.2 Å². The molecule has 0 atom stereocenters. The Morgan fingerprint density at radius 1 is 1.02 bits per heavy atom. The van der Waals surface area contributed by atoms with Gasteiger partial charge in [0.1, 0.15) is 29.3 Å². The minimum atomic E-state index is -3.16. The highest BCUT2D eigenvalue weighted by molar-refractivity contribution is 7.99. The third-order valence-electron chi connectivity index (χ3n) is 9.76. The summed E-state index contributed by atoms with van der Waals surface area (Å²) >= 11 is 1.80. The minimum Gasteiger partial charge on any atom is -0.361 e. The highest BCUT2D eigenvalue weighted by atomic mass is 32.2. The Kier molecular flexibility index (Phi) is 19.4. The van der Waals surface area contributed by atoms with E-state index in [-0.39, 0.29) is 52.9 Å². The molecule has 12 nitrogen and oxygen atoms in total. The predicted molar refractivity (Wildman–Crippen MR) is 233 cm³/mol. The van der Waals surface area contributed by atoms with Crippen molar-refractivity contribution < 1.29 is 22.8 Å². The second-order valence-electron chi connectivity index (χ2n) is 15.6. The van der Waals surface area contributed by atoms with Crippen LogP contribution in [0.25, 0.3) is 11.0 Å². The van der Waals surface area contributed by atoms with Gasteiger partial charge in [0.25, 0.3) is 17.4 Å². The predicted octanol–water partition coefficient (Wildman–Crippen LogP) is 7.33. The van der Waals surface area contributed by atoms with Crippen LogP contribution in [0.15, 0.2) is 63.5 Å². The van der Waals surface area contributed by atoms with Crippen LogP contribution >= 0.6 is 11.8 Å². The molecule has 0 unspecified atom stereocenters. The molecule has 1 aromatic carbocycles. The van der Waals surface area contributed by atoms with Crippen LogP contribution < -0.4 is 16.6 Å². The van der Waals surface area contributed by atoms with E-state index in [0.717, 1.165) is 50.0 Å². The van der Waals surface area contributed by atoms with E-state index in [1.165, 1.54) is 34.2 Å². The highest BCUT2D eigenvalue weighted by Crippen LogP contribution is 2.32. The molecule has 5 rings (SSSR count). The zero-order valence-electron chi connectivity index (χ0n) is 36.0. The largest absolute Gasteiger partial charge is 0.361 e. The number of hydrogen-bond donors (Lipinski definition) is 1. The number of hydrogen-bond acceptors (Lipinski definition) is 9. The Morgan fingerprint density at radius 2 is 1.61 bits per heavy atom. The number of carbonyl (C=O) groups is 2. The van der Waals surface area contributed by atoms with E-state index in [1.54, 1.807) is 34.3 Å². The molecule has 1 aliphatic carbocycles. The second kappa shape index (κ2) is 23.4. The summed E-state index contributed by atoms with van der Waals surface area (Å²) in [4.78, 5) is 60.9. The van der Waals surface area contributed by atoms with Crippen LogP contribution in [0, 0.1) is 5.82 Å². The molecule has 1 amide bonds. The molecule has 1 N–H and O–H groups in total. The minimum absolute atomic E-state index is 0.0598. The number of aldehydes is 1. The second-order valence-corrected chi connectivity index (χ2v) is 16.8. The number of rotatable bonds is 13. The maximum atomic E-state index is 14.6. The molecule has 0 bridgehead atoms. The number of amidine groups is 1. The number of pyridine rings is 1. The van der Waals surface area contributed by atoms with Crippen LogP contribution in [-0.4, -0.2) is 99.2 Å². The van der Waals surface area contributed by atoms with Crippen LogP contribution in [0.3, 0.4) is 0 Å². The Labute approximate surface area is 350 Å². The van der Waals surface area contributed by atoms with Crippen molar-refractivity contribution in [2.45, 2.75) is 116 Å². The zero-order valence-corrected chi connectivity index (χ0v) is 36.8. The third kappa shape index (κ3) is 13.8. The van der Waals surface area contributed by atoms with E-state index < -0.39 is 34.9 Å². The van der Waals surface area contributed by atoms with Crippen molar-refractivity contribution in [1.29, 1.82) is 0 Å². The van der Waals surface area contributed by atoms with Crippen LogP contribution in [-0.2, 0) is 22.1 Å². The van der Waals surface area contributed by atoms with Crippen molar-refractivity contribution in [2.75, 3.05) is 46.2 Å². The van der Waals surface area contributed by atoms with Crippen molar-refractivity contribution >= 4 is 40.8 Å². The number of halogens is 3. The van der Waals surface area contributed by atoms with Crippen LogP contribution in [0.5, 0.6) is 0 Å². The van der Waals surface area contributed by atoms with E-state index >= 15 is 0 Å². The number of benzene rings is 1. The number of fused-ring (bicyclic) bond motifs is 1. The van der Waals surface area contributed by atoms with E-state index in [0.29, 0.717) is 44.3 Å². The SMILES string of the molecule is C=C(C(=O)NC1CCC(n2c(=O)c3cc(F)cnc3n(C3CCSCC3)c2=O)CC1)N(Cc1ccccc1C(C)(F)F)/N=C(\CC=O)N(C)CCC.CCC.CN(C)C. The van der Waals surface area contributed by atoms with Gasteiger partial charge in [0.2, 0.25) is 0 Å². The van der Waals surface area contributed by atoms with Crippen molar-refractivity contribution in [2.24, 2.45) is 5.10 Å². The summed E-state index contributed by atoms with van der Waals surface area (Å²) in [6.45, 7) is 11.4. The molecule has 2 aromatic heterocycles. The van der Waals surface area contributed by atoms with Gasteiger partial charge in [-0.25, -0.2) is 22.9 Å². The van der Waals surface area contributed by atoms with Crippen molar-refractivity contribution in [3.63, 3.8) is 0 Å². The topological polar surface area (TPSA) is 125 Å². The number of aromatic nitrogens is 3. The molecule has 3 aromatic rings. The first-order valence-corrected chi connectivity index (χ1v) is 21.6. The summed E-state index contributed by atoms with van der Waals surface area (Å²) < 4.78 is 46.3. The normalized spacial score (nSPS) is 17.3. The summed E-state index contributed by atoms with van der Waals surface area (Å²) in [7, 11) is 7.76. The summed E-state index contributed by atoms with van der Waals surface area (Å²) in [5.41, 5.74) is -0.924.